The summed E-state index contributed by atoms with van der Waals surface area (Å²) in [6.45, 7) is 13.0. The molecule has 0 atom stereocenters. The van der Waals surface area contributed by atoms with Gasteiger partial charge in [-0.1, -0.05) is 121 Å². The minimum absolute atomic E-state index is 0.634. The summed E-state index contributed by atoms with van der Waals surface area (Å²) in [5.74, 6) is 1.87. The SMILES string of the molecule is C=CCc1cccc(C=Cc2ccc(-c3ccc(C=Cc4cccc(CC=C)c4OCC)cc3)cc2)c1OCC. The molecule has 0 N–H and O–H groups in total. The number of allylic oxidation sites excluding steroid dienone is 2. The van der Waals surface area contributed by atoms with Crippen LogP contribution >= 0.6 is 0 Å². The number of benzene rings is 4. The van der Waals surface area contributed by atoms with Gasteiger partial charge in [0.25, 0.3) is 0 Å². The molecule has 40 heavy (non-hydrogen) atoms. The molecule has 0 saturated carbocycles. The first-order chi connectivity index (χ1) is 19.7. The van der Waals surface area contributed by atoms with E-state index in [1.54, 1.807) is 0 Å². The third kappa shape index (κ3) is 7.30. The minimum atomic E-state index is 0.634. The van der Waals surface area contributed by atoms with Crippen LogP contribution < -0.4 is 9.47 Å². The van der Waals surface area contributed by atoms with Crippen LogP contribution in [0.25, 0.3) is 35.4 Å². The third-order valence-electron chi connectivity index (χ3n) is 6.63. The van der Waals surface area contributed by atoms with Gasteiger partial charge in [0, 0.05) is 11.1 Å². The molecule has 0 amide bonds. The molecule has 0 fully saturated rings. The molecule has 0 unspecified atom stereocenters. The third-order valence-corrected chi connectivity index (χ3v) is 6.63. The molecule has 0 spiro atoms. The first-order valence-electron chi connectivity index (χ1n) is 13.9. The van der Waals surface area contributed by atoms with Crippen molar-refractivity contribution >= 4 is 24.3 Å². The van der Waals surface area contributed by atoms with Gasteiger partial charge in [-0.15, -0.1) is 13.2 Å². The predicted octanol–water partition coefficient (Wildman–Crippen LogP) is 9.95. The van der Waals surface area contributed by atoms with Crippen LogP contribution in [-0.4, -0.2) is 13.2 Å². The van der Waals surface area contributed by atoms with Crippen molar-refractivity contribution in [2.24, 2.45) is 0 Å². The van der Waals surface area contributed by atoms with Gasteiger partial charge in [0.2, 0.25) is 0 Å². The van der Waals surface area contributed by atoms with E-state index in [1.165, 1.54) is 11.1 Å². The summed E-state index contributed by atoms with van der Waals surface area (Å²) in [6, 6.07) is 29.8. The Morgan fingerprint density at radius 3 is 1.27 bits per heavy atom. The van der Waals surface area contributed by atoms with E-state index in [0.29, 0.717) is 13.2 Å². The highest BCUT2D eigenvalue weighted by Crippen LogP contribution is 2.29. The smallest absolute Gasteiger partial charge is 0.129 e. The van der Waals surface area contributed by atoms with Gasteiger partial charge in [0.05, 0.1) is 13.2 Å². The number of ether oxygens (including phenoxy) is 2. The Hall–Kier alpha value is -4.56. The fraction of sp³-hybridized carbons (Fsp3) is 0.158. The van der Waals surface area contributed by atoms with Gasteiger partial charge in [0.1, 0.15) is 11.5 Å². The van der Waals surface area contributed by atoms with Crippen molar-refractivity contribution < 1.29 is 9.47 Å². The van der Waals surface area contributed by atoms with E-state index in [1.807, 2.05) is 26.0 Å². The van der Waals surface area contributed by atoms with Crippen LogP contribution in [0.5, 0.6) is 11.5 Å². The highest BCUT2D eigenvalue weighted by atomic mass is 16.5. The zero-order valence-corrected chi connectivity index (χ0v) is 23.6. The average molecular weight is 527 g/mol. The lowest BCUT2D eigenvalue weighted by atomic mass is 10.0. The van der Waals surface area contributed by atoms with Crippen molar-refractivity contribution in [3.05, 3.63) is 144 Å². The minimum Gasteiger partial charge on any atom is -0.493 e. The Morgan fingerprint density at radius 2 is 0.925 bits per heavy atom. The van der Waals surface area contributed by atoms with Gasteiger partial charge in [-0.05, 0) is 60.1 Å². The summed E-state index contributed by atoms with van der Waals surface area (Å²) < 4.78 is 11.9. The normalized spacial score (nSPS) is 11.2. The number of hydrogen-bond acceptors (Lipinski definition) is 2. The molecule has 0 aliphatic rings. The largest absolute Gasteiger partial charge is 0.493 e. The van der Waals surface area contributed by atoms with Crippen molar-refractivity contribution in [2.75, 3.05) is 13.2 Å². The van der Waals surface area contributed by atoms with Gasteiger partial charge in [-0.3, -0.25) is 0 Å². The summed E-state index contributed by atoms with van der Waals surface area (Å²) >= 11 is 0. The molecule has 4 rings (SSSR count). The van der Waals surface area contributed by atoms with E-state index in [-0.39, 0.29) is 0 Å². The van der Waals surface area contributed by atoms with Gasteiger partial charge < -0.3 is 9.47 Å². The Bertz CT molecular complexity index is 1360. The van der Waals surface area contributed by atoms with Crippen molar-refractivity contribution in [1.82, 2.24) is 0 Å². The van der Waals surface area contributed by atoms with E-state index in [0.717, 1.165) is 57.7 Å². The summed E-state index contributed by atoms with van der Waals surface area (Å²) in [5, 5.41) is 0. The van der Waals surface area contributed by atoms with E-state index in [4.69, 9.17) is 9.47 Å². The molecule has 0 bridgehead atoms. The van der Waals surface area contributed by atoms with E-state index >= 15 is 0 Å². The van der Waals surface area contributed by atoms with Crippen LogP contribution in [0.15, 0.2) is 110 Å². The first-order valence-corrected chi connectivity index (χ1v) is 13.9. The lowest BCUT2D eigenvalue weighted by Crippen LogP contribution is -1.98. The summed E-state index contributed by atoms with van der Waals surface area (Å²) in [6.07, 6.45) is 13.9. The van der Waals surface area contributed by atoms with Crippen molar-refractivity contribution in [2.45, 2.75) is 26.7 Å². The lowest BCUT2D eigenvalue weighted by molar-refractivity contribution is 0.336. The van der Waals surface area contributed by atoms with Crippen LogP contribution in [0, 0.1) is 0 Å². The molecule has 0 radical (unpaired) electrons. The molecule has 4 aromatic carbocycles. The first kappa shape index (κ1) is 28.4. The molecule has 0 heterocycles. The van der Waals surface area contributed by atoms with E-state index in [9.17, 15) is 0 Å². The topological polar surface area (TPSA) is 18.5 Å². The molecule has 0 aliphatic heterocycles. The van der Waals surface area contributed by atoms with Gasteiger partial charge in [0.15, 0.2) is 0 Å². The second kappa shape index (κ2) is 14.6. The van der Waals surface area contributed by atoms with Crippen LogP contribution in [0.3, 0.4) is 0 Å². The molecular weight excluding hydrogens is 488 g/mol. The number of para-hydroxylation sites is 2. The van der Waals surface area contributed by atoms with Gasteiger partial charge in [-0.25, -0.2) is 0 Å². The van der Waals surface area contributed by atoms with Crippen molar-refractivity contribution in [3.8, 4) is 22.6 Å². The second-order valence-electron chi connectivity index (χ2n) is 9.43. The second-order valence-corrected chi connectivity index (χ2v) is 9.43. The monoisotopic (exact) mass is 526 g/mol. The highest BCUT2D eigenvalue weighted by Gasteiger charge is 2.08. The number of hydrogen-bond donors (Lipinski definition) is 0. The fourth-order valence-electron chi connectivity index (χ4n) is 4.69. The molecule has 202 valence electrons. The number of rotatable bonds is 13. The van der Waals surface area contributed by atoms with Crippen LogP contribution in [0.2, 0.25) is 0 Å². The van der Waals surface area contributed by atoms with Crippen LogP contribution in [-0.2, 0) is 12.8 Å². The predicted molar refractivity (Wildman–Crippen MR) is 173 cm³/mol. The Kier molecular flexibility index (Phi) is 10.4. The molecule has 0 aromatic heterocycles. The van der Waals surface area contributed by atoms with Crippen LogP contribution in [0.1, 0.15) is 47.2 Å². The zero-order valence-electron chi connectivity index (χ0n) is 23.6. The standard InChI is InChI=1S/C38H38O2/c1-5-11-33-13-9-15-35(37(33)39-7-3)27-21-29-17-23-31(24-18-29)32-25-19-30(20-26-32)22-28-36-16-10-14-34(12-6-2)38(36)40-8-4/h5-6,9-10,13-28H,1-2,7-8,11-12H2,3-4H3. The summed E-state index contributed by atoms with van der Waals surface area (Å²) in [7, 11) is 0. The van der Waals surface area contributed by atoms with Crippen LogP contribution in [0.4, 0.5) is 0 Å². The van der Waals surface area contributed by atoms with Crippen molar-refractivity contribution in [1.29, 1.82) is 0 Å². The van der Waals surface area contributed by atoms with Crippen molar-refractivity contribution in [3.63, 3.8) is 0 Å². The van der Waals surface area contributed by atoms with Gasteiger partial charge in [-0.2, -0.15) is 0 Å². The quantitative estimate of drug-likeness (QED) is 0.127. The maximum Gasteiger partial charge on any atom is 0.129 e. The summed E-state index contributed by atoms with van der Waals surface area (Å²) in [4.78, 5) is 0. The lowest BCUT2D eigenvalue weighted by Gasteiger charge is -2.12. The maximum atomic E-state index is 5.96. The average Bonchev–Trinajstić information content (AvgIpc) is 2.98. The molecule has 0 saturated heterocycles. The Morgan fingerprint density at radius 1 is 0.525 bits per heavy atom. The highest BCUT2D eigenvalue weighted by molar-refractivity contribution is 5.77. The molecule has 4 aromatic rings. The molecule has 2 heteroatoms. The molecular formula is C38H38O2. The Labute approximate surface area is 239 Å². The zero-order chi connectivity index (χ0) is 28.2. The maximum absolute atomic E-state index is 5.96. The molecule has 0 aliphatic carbocycles. The fourth-order valence-corrected chi connectivity index (χ4v) is 4.69. The Balaban J connectivity index is 1.47. The molecule has 2 nitrogen and oxygen atoms in total. The summed E-state index contributed by atoms with van der Waals surface area (Å²) in [5.41, 5.74) is 9.13. The van der Waals surface area contributed by atoms with E-state index < -0.39 is 0 Å². The van der Waals surface area contributed by atoms with E-state index in [2.05, 4.69) is 122 Å². The van der Waals surface area contributed by atoms with Gasteiger partial charge >= 0.3 is 0 Å².